The SMILES string of the molecule is CCc1ccc(C(Br)CC2CCCC2)cc1. The van der Waals surface area contributed by atoms with Crippen LogP contribution < -0.4 is 0 Å². The summed E-state index contributed by atoms with van der Waals surface area (Å²) in [5.74, 6) is 0.954. The Morgan fingerprint density at radius 2 is 1.81 bits per heavy atom. The normalized spacial score (nSPS) is 18.9. The molecule has 1 unspecified atom stereocenters. The predicted octanol–water partition coefficient (Wildman–Crippen LogP) is 5.27. The number of benzene rings is 1. The highest BCUT2D eigenvalue weighted by molar-refractivity contribution is 9.09. The molecule has 0 radical (unpaired) electrons. The Labute approximate surface area is 108 Å². The molecular formula is C15H21Br. The molecule has 0 bridgehead atoms. The second-order valence-electron chi connectivity index (χ2n) is 4.95. The number of alkyl halides is 1. The third-order valence-corrected chi connectivity index (χ3v) is 4.67. The summed E-state index contributed by atoms with van der Waals surface area (Å²) in [6.45, 7) is 2.21. The Balaban J connectivity index is 1.94. The fourth-order valence-corrected chi connectivity index (χ4v) is 3.47. The summed E-state index contributed by atoms with van der Waals surface area (Å²) in [5.41, 5.74) is 2.88. The monoisotopic (exact) mass is 280 g/mol. The van der Waals surface area contributed by atoms with E-state index in [9.17, 15) is 0 Å². The van der Waals surface area contributed by atoms with E-state index in [4.69, 9.17) is 0 Å². The van der Waals surface area contributed by atoms with Crippen molar-refractivity contribution in [2.45, 2.75) is 50.3 Å². The molecule has 1 fully saturated rings. The van der Waals surface area contributed by atoms with E-state index in [0.29, 0.717) is 4.83 Å². The van der Waals surface area contributed by atoms with Crippen LogP contribution in [-0.2, 0) is 6.42 Å². The maximum atomic E-state index is 3.84. The highest BCUT2D eigenvalue weighted by atomic mass is 79.9. The van der Waals surface area contributed by atoms with E-state index in [1.807, 2.05) is 0 Å². The van der Waals surface area contributed by atoms with Crippen LogP contribution in [0.25, 0.3) is 0 Å². The summed E-state index contributed by atoms with van der Waals surface area (Å²) < 4.78 is 0. The first-order valence-corrected chi connectivity index (χ1v) is 7.44. The topological polar surface area (TPSA) is 0 Å². The minimum absolute atomic E-state index is 0.557. The van der Waals surface area contributed by atoms with Crippen LogP contribution >= 0.6 is 15.9 Å². The van der Waals surface area contributed by atoms with Gasteiger partial charge >= 0.3 is 0 Å². The fraction of sp³-hybridized carbons (Fsp3) is 0.600. The average Bonchev–Trinajstić information content (AvgIpc) is 2.82. The smallest absolute Gasteiger partial charge is 0.0397 e. The zero-order valence-electron chi connectivity index (χ0n) is 10.1. The number of hydrogen-bond donors (Lipinski definition) is 0. The summed E-state index contributed by atoms with van der Waals surface area (Å²) >= 11 is 3.84. The number of hydrogen-bond acceptors (Lipinski definition) is 0. The third kappa shape index (κ3) is 3.10. The van der Waals surface area contributed by atoms with Crippen molar-refractivity contribution in [3.05, 3.63) is 35.4 Å². The highest BCUT2D eigenvalue weighted by Gasteiger charge is 2.19. The first-order chi connectivity index (χ1) is 7.79. The highest BCUT2D eigenvalue weighted by Crippen LogP contribution is 2.37. The fourth-order valence-electron chi connectivity index (χ4n) is 2.64. The lowest BCUT2D eigenvalue weighted by Gasteiger charge is -2.15. The molecule has 2 rings (SSSR count). The summed E-state index contributed by atoms with van der Waals surface area (Å²) in [7, 11) is 0. The molecule has 0 aromatic heterocycles. The Hall–Kier alpha value is -0.300. The molecular weight excluding hydrogens is 260 g/mol. The maximum absolute atomic E-state index is 3.84. The van der Waals surface area contributed by atoms with Crippen molar-refractivity contribution in [1.82, 2.24) is 0 Å². The molecule has 0 amide bonds. The van der Waals surface area contributed by atoms with Crippen molar-refractivity contribution < 1.29 is 0 Å². The Bertz CT molecular complexity index is 309. The Morgan fingerprint density at radius 1 is 1.19 bits per heavy atom. The minimum atomic E-state index is 0.557. The lowest BCUT2D eigenvalue weighted by molar-refractivity contribution is 0.502. The van der Waals surface area contributed by atoms with Gasteiger partial charge in [0.1, 0.15) is 0 Å². The Kier molecular flexibility index (Phi) is 4.45. The van der Waals surface area contributed by atoms with Crippen LogP contribution in [0.3, 0.4) is 0 Å². The molecule has 0 saturated heterocycles. The first-order valence-electron chi connectivity index (χ1n) is 6.52. The standard InChI is InChI=1S/C15H21Br/c1-2-12-7-9-14(10-8-12)15(16)11-13-5-3-4-6-13/h7-10,13,15H,2-6,11H2,1H3. The van der Waals surface area contributed by atoms with Crippen molar-refractivity contribution >= 4 is 15.9 Å². The van der Waals surface area contributed by atoms with Crippen LogP contribution in [0.2, 0.25) is 0 Å². The molecule has 1 atom stereocenters. The van der Waals surface area contributed by atoms with Gasteiger partial charge in [-0.2, -0.15) is 0 Å². The molecule has 0 spiro atoms. The van der Waals surface area contributed by atoms with Crippen LogP contribution in [0.5, 0.6) is 0 Å². The van der Waals surface area contributed by atoms with Gasteiger partial charge in [-0.1, -0.05) is 72.8 Å². The number of rotatable bonds is 4. The molecule has 0 N–H and O–H groups in total. The molecule has 1 saturated carbocycles. The van der Waals surface area contributed by atoms with Gasteiger partial charge in [0.05, 0.1) is 0 Å². The lowest BCUT2D eigenvalue weighted by atomic mass is 9.97. The summed E-state index contributed by atoms with van der Waals surface area (Å²) in [6.07, 6.45) is 8.21. The van der Waals surface area contributed by atoms with Gasteiger partial charge in [0, 0.05) is 4.83 Å². The van der Waals surface area contributed by atoms with Gasteiger partial charge in [-0.25, -0.2) is 0 Å². The zero-order chi connectivity index (χ0) is 11.4. The maximum Gasteiger partial charge on any atom is 0.0397 e. The molecule has 0 aliphatic heterocycles. The van der Waals surface area contributed by atoms with Crippen LogP contribution in [0, 0.1) is 5.92 Å². The van der Waals surface area contributed by atoms with Crippen molar-refractivity contribution in [3.8, 4) is 0 Å². The van der Waals surface area contributed by atoms with E-state index in [-0.39, 0.29) is 0 Å². The Morgan fingerprint density at radius 3 is 2.38 bits per heavy atom. The first kappa shape index (κ1) is 12.2. The zero-order valence-corrected chi connectivity index (χ0v) is 11.7. The van der Waals surface area contributed by atoms with E-state index >= 15 is 0 Å². The van der Waals surface area contributed by atoms with Gasteiger partial charge in [-0.15, -0.1) is 0 Å². The molecule has 88 valence electrons. The van der Waals surface area contributed by atoms with Crippen molar-refractivity contribution in [2.75, 3.05) is 0 Å². The van der Waals surface area contributed by atoms with E-state index in [1.165, 1.54) is 43.2 Å². The van der Waals surface area contributed by atoms with Gasteiger partial charge in [0.25, 0.3) is 0 Å². The van der Waals surface area contributed by atoms with E-state index < -0.39 is 0 Å². The molecule has 1 aromatic rings. The second-order valence-corrected chi connectivity index (χ2v) is 6.05. The van der Waals surface area contributed by atoms with Crippen LogP contribution in [0.15, 0.2) is 24.3 Å². The van der Waals surface area contributed by atoms with Gasteiger partial charge in [-0.05, 0) is 29.9 Å². The largest absolute Gasteiger partial charge is 0.0839 e. The van der Waals surface area contributed by atoms with Crippen LogP contribution in [0.4, 0.5) is 0 Å². The molecule has 0 nitrogen and oxygen atoms in total. The third-order valence-electron chi connectivity index (χ3n) is 3.76. The molecule has 16 heavy (non-hydrogen) atoms. The second kappa shape index (κ2) is 5.86. The van der Waals surface area contributed by atoms with Gasteiger partial charge < -0.3 is 0 Å². The van der Waals surface area contributed by atoms with Gasteiger partial charge in [0.2, 0.25) is 0 Å². The lowest BCUT2D eigenvalue weighted by Crippen LogP contribution is -1.99. The molecule has 0 heterocycles. The average molecular weight is 281 g/mol. The van der Waals surface area contributed by atoms with Gasteiger partial charge in [0.15, 0.2) is 0 Å². The quantitative estimate of drug-likeness (QED) is 0.660. The summed E-state index contributed by atoms with van der Waals surface area (Å²) in [6, 6.07) is 9.09. The molecule has 1 aromatic carbocycles. The van der Waals surface area contributed by atoms with Crippen molar-refractivity contribution in [2.24, 2.45) is 5.92 Å². The molecule has 1 aliphatic rings. The van der Waals surface area contributed by atoms with E-state index in [1.54, 1.807) is 0 Å². The number of halogens is 1. The van der Waals surface area contributed by atoms with Crippen molar-refractivity contribution in [3.63, 3.8) is 0 Å². The van der Waals surface area contributed by atoms with Crippen molar-refractivity contribution in [1.29, 1.82) is 0 Å². The number of aryl methyl sites for hydroxylation is 1. The van der Waals surface area contributed by atoms with E-state index in [2.05, 4.69) is 47.1 Å². The summed E-state index contributed by atoms with van der Waals surface area (Å²) in [4.78, 5) is 0.557. The van der Waals surface area contributed by atoms with E-state index in [0.717, 1.165) is 12.3 Å². The summed E-state index contributed by atoms with van der Waals surface area (Å²) in [5, 5.41) is 0. The van der Waals surface area contributed by atoms with Crippen LogP contribution in [0.1, 0.15) is 55.0 Å². The molecule has 1 heteroatoms. The minimum Gasteiger partial charge on any atom is -0.0839 e. The predicted molar refractivity (Wildman–Crippen MR) is 74.1 cm³/mol. The van der Waals surface area contributed by atoms with Gasteiger partial charge in [-0.3, -0.25) is 0 Å². The van der Waals surface area contributed by atoms with Crippen LogP contribution in [-0.4, -0.2) is 0 Å². The molecule has 1 aliphatic carbocycles.